The zero-order valence-corrected chi connectivity index (χ0v) is 11.9. The van der Waals surface area contributed by atoms with E-state index in [1.54, 1.807) is 18.2 Å². The molecule has 21 heavy (non-hydrogen) atoms. The topological polar surface area (TPSA) is 86.3 Å². The van der Waals surface area contributed by atoms with E-state index >= 15 is 0 Å². The van der Waals surface area contributed by atoms with E-state index in [0.29, 0.717) is 11.3 Å². The third kappa shape index (κ3) is 3.77. The van der Waals surface area contributed by atoms with E-state index in [1.165, 1.54) is 12.3 Å². The summed E-state index contributed by atoms with van der Waals surface area (Å²) < 4.78 is 0. The summed E-state index contributed by atoms with van der Waals surface area (Å²) in [5.74, 6) is 0.0553. The third-order valence-electron chi connectivity index (χ3n) is 3.24. The van der Waals surface area contributed by atoms with E-state index in [-0.39, 0.29) is 17.8 Å². The molecule has 0 fully saturated rings. The number of amides is 1. The number of anilines is 2. The van der Waals surface area contributed by atoms with Crippen molar-refractivity contribution in [1.29, 1.82) is 0 Å². The molecule has 1 heterocycles. The largest absolute Gasteiger partial charge is 0.322 e. The average molecular weight is 286 g/mol. The number of hydrogen-bond donors (Lipinski definition) is 4. The van der Waals surface area contributed by atoms with Crippen LogP contribution in [0.25, 0.3) is 0 Å². The quantitative estimate of drug-likeness (QED) is 0.634. The molecule has 1 atom stereocenters. The molecule has 110 valence electrons. The second-order valence-corrected chi connectivity index (χ2v) is 4.63. The standard InChI is InChI=1S/C15H18N4O2/c1-10(16-2)11-3-5-12(6-4-11)15(20)18-13-7-8-17-14(9-13)19-21/h3-10,16,21H,1-2H3,(H2,17,18,19,20). The Kier molecular flexibility index (Phi) is 4.86. The Balaban J connectivity index is 2.09. The molecule has 0 aliphatic heterocycles. The molecule has 0 aliphatic carbocycles. The van der Waals surface area contributed by atoms with E-state index in [1.807, 2.05) is 24.7 Å². The van der Waals surface area contributed by atoms with Gasteiger partial charge < -0.3 is 10.6 Å². The number of nitrogens with zero attached hydrogens (tertiary/aromatic N) is 1. The van der Waals surface area contributed by atoms with Gasteiger partial charge >= 0.3 is 0 Å². The van der Waals surface area contributed by atoms with Crippen molar-refractivity contribution >= 4 is 17.4 Å². The van der Waals surface area contributed by atoms with E-state index in [4.69, 9.17) is 5.21 Å². The highest BCUT2D eigenvalue weighted by molar-refractivity contribution is 6.04. The second kappa shape index (κ2) is 6.83. The molecule has 0 saturated carbocycles. The molecule has 0 spiro atoms. The molecular formula is C15H18N4O2. The molecule has 0 radical (unpaired) electrons. The van der Waals surface area contributed by atoms with Gasteiger partial charge in [-0.2, -0.15) is 0 Å². The lowest BCUT2D eigenvalue weighted by Gasteiger charge is -2.11. The lowest BCUT2D eigenvalue weighted by Crippen LogP contribution is -2.14. The summed E-state index contributed by atoms with van der Waals surface area (Å²) in [6.07, 6.45) is 1.49. The number of rotatable bonds is 5. The van der Waals surface area contributed by atoms with Gasteiger partial charge in [-0.05, 0) is 37.7 Å². The summed E-state index contributed by atoms with van der Waals surface area (Å²) in [6.45, 7) is 2.05. The van der Waals surface area contributed by atoms with Gasteiger partial charge in [0.05, 0.1) is 0 Å². The Morgan fingerprint density at radius 3 is 2.57 bits per heavy atom. The van der Waals surface area contributed by atoms with Gasteiger partial charge in [0.25, 0.3) is 5.91 Å². The predicted molar refractivity (Wildman–Crippen MR) is 81.5 cm³/mol. The summed E-state index contributed by atoms with van der Waals surface area (Å²) in [7, 11) is 1.89. The monoisotopic (exact) mass is 286 g/mol. The van der Waals surface area contributed by atoms with Crippen molar-refractivity contribution in [2.45, 2.75) is 13.0 Å². The first kappa shape index (κ1) is 15.0. The molecule has 2 aromatic rings. The van der Waals surface area contributed by atoms with Crippen LogP contribution in [0.1, 0.15) is 28.9 Å². The van der Waals surface area contributed by atoms with Crippen molar-refractivity contribution in [1.82, 2.24) is 10.3 Å². The summed E-state index contributed by atoms with van der Waals surface area (Å²) >= 11 is 0. The molecule has 2 rings (SSSR count). The minimum absolute atomic E-state index is 0.214. The van der Waals surface area contributed by atoms with Crippen LogP contribution >= 0.6 is 0 Å². The highest BCUT2D eigenvalue weighted by Gasteiger charge is 2.08. The number of aromatic nitrogens is 1. The molecule has 1 aromatic heterocycles. The van der Waals surface area contributed by atoms with Gasteiger partial charge in [0.2, 0.25) is 0 Å². The van der Waals surface area contributed by atoms with Crippen LogP contribution in [0.15, 0.2) is 42.6 Å². The van der Waals surface area contributed by atoms with Crippen molar-refractivity contribution in [3.63, 3.8) is 0 Å². The van der Waals surface area contributed by atoms with Gasteiger partial charge in [0, 0.05) is 29.6 Å². The Hall–Kier alpha value is -2.44. The van der Waals surface area contributed by atoms with Crippen LogP contribution in [0.3, 0.4) is 0 Å². The Morgan fingerprint density at radius 1 is 1.24 bits per heavy atom. The van der Waals surface area contributed by atoms with Gasteiger partial charge in [0.15, 0.2) is 5.82 Å². The Bertz CT molecular complexity index is 613. The summed E-state index contributed by atoms with van der Waals surface area (Å²) in [5, 5.41) is 14.7. The third-order valence-corrected chi connectivity index (χ3v) is 3.24. The number of carbonyl (C=O) groups excluding carboxylic acids is 1. The Morgan fingerprint density at radius 2 is 1.95 bits per heavy atom. The van der Waals surface area contributed by atoms with Gasteiger partial charge in [0.1, 0.15) is 0 Å². The summed E-state index contributed by atoms with van der Waals surface area (Å²) in [6, 6.07) is 10.8. The fourth-order valence-corrected chi connectivity index (χ4v) is 1.86. The van der Waals surface area contributed by atoms with Crippen LogP contribution in [-0.2, 0) is 0 Å². The van der Waals surface area contributed by atoms with Crippen LogP contribution < -0.4 is 16.1 Å². The number of nitrogens with one attached hydrogen (secondary N) is 3. The number of carbonyl (C=O) groups is 1. The van der Waals surface area contributed by atoms with Crippen LogP contribution in [0.4, 0.5) is 11.5 Å². The molecule has 1 unspecified atom stereocenters. The van der Waals surface area contributed by atoms with E-state index in [2.05, 4.69) is 22.5 Å². The fraction of sp³-hybridized carbons (Fsp3) is 0.200. The number of benzene rings is 1. The van der Waals surface area contributed by atoms with Crippen molar-refractivity contribution in [2.24, 2.45) is 0 Å². The lowest BCUT2D eigenvalue weighted by molar-refractivity contribution is 0.102. The van der Waals surface area contributed by atoms with E-state index < -0.39 is 0 Å². The molecule has 0 saturated heterocycles. The van der Waals surface area contributed by atoms with Crippen LogP contribution in [0, 0.1) is 0 Å². The second-order valence-electron chi connectivity index (χ2n) is 4.63. The maximum Gasteiger partial charge on any atom is 0.255 e. The first-order chi connectivity index (χ1) is 10.1. The fourth-order valence-electron chi connectivity index (χ4n) is 1.86. The highest BCUT2D eigenvalue weighted by atomic mass is 16.5. The van der Waals surface area contributed by atoms with Crippen molar-refractivity contribution < 1.29 is 10.0 Å². The summed E-state index contributed by atoms with van der Waals surface area (Å²) in [4.78, 5) is 16.0. The van der Waals surface area contributed by atoms with Crippen LogP contribution in [0.2, 0.25) is 0 Å². The van der Waals surface area contributed by atoms with E-state index in [9.17, 15) is 4.79 Å². The minimum Gasteiger partial charge on any atom is -0.322 e. The van der Waals surface area contributed by atoms with Crippen LogP contribution in [-0.4, -0.2) is 23.1 Å². The lowest BCUT2D eigenvalue weighted by atomic mass is 10.1. The number of pyridine rings is 1. The Labute approximate surface area is 123 Å². The molecule has 0 aliphatic rings. The maximum absolute atomic E-state index is 12.1. The van der Waals surface area contributed by atoms with Gasteiger partial charge in [-0.15, -0.1) is 0 Å². The first-order valence-electron chi connectivity index (χ1n) is 6.58. The molecule has 4 N–H and O–H groups in total. The smallest absolute Gasteiger partial charge is 0.255 e. The molecule has 1 aromatic carbocycles. The van der Waals surface area contributed by atoms with E-state index in [0.717, 1.165) is 5.56 Å². The SMILES string of the molecule is CNC(C)c1ccc(C(=O)Nc2ccnc(NO)c2)cc1. The highest BCUT2D eigenvalue weighted by Crippen LogP contribution is 2.15. The van der Waals surface area contributed by atoms with Crippen molar-refractivity contribution in [3.05, 3.63) is 53.7 Å². The molecular weight excluding hydrogens is 268 g/mol. The van der Waals surface area contributed by atoms with Crippen molar-refractivity contribution in [2.75, 3.05) is 17.8 Å². The molecule has 6 heteroatoms. The van der Waals surface area contributed by atoms with Gasteiger partial charge in [-0.3, -0.25) is 15.5 Å². The summed E-state index contributed by atoms with van der Waals surface area (Å²) in [5.41, 5.74) is 4.17. The first-order valence-corrected chi connectivity index (χ1v) is 6.58. The predicted octanol–water partition coefficient (Wildman–Crippen LogP) is 2.42. The molecule has 6 nitrogen and oxygen atoms in total. The van der Waals surface area contributed by atoms with Crippen molar-refractivity contribution in [3.8, 4) is 0 Å². The zero-order chi connectivity index (χ0) is 15.2. The average Bonchev–Trinajstić information content (AvgIpc) is 2.54. The van der Waals surface area contributed by atoms with Gasteiger partial charge in [-0.25, -0.2) is 4.98 Å². The minimum atomic E-state index is -0.214. The maximum atomic E-state index is 12.1. The molecule has 0 bridgehead atoms. The molecule has 1 amide bonds. The number of hydrogen-bond acceptors (Lipinski definition) is 5. The zero-order valence-electron chi connectivity index (χ0n) is 11.9. The van der Waals surface area contributed by atoms with Crippen LogP contribution in [0.5, 0.6) is 0 Å². The normalized spacial score (nSPS) is 11.8. The van der Waals surface area contributed by atoms with Gasteiger partial charge in [-0.1, -0.05) is 12.1 Å².